The summed E-state index contributed by atoms with van der Waals surface area (Å²) in [4.78, 5) is 6.46. The second kappa shape index (κ2) is 5.94. The zero-order valence-electron chi connectivity index (χ0n) is 12.6. The predicted octanol–water partition coefficient (Wildman–Crippen LogP) is 4.93. The van der Waals surface area contributed by atoms with E-state index >= 15 is 0 Å². The number of benzene rings is 3. The summed E-state index contributed by atoms with van der Waals surface area (Å²) in [5.74, 6) is 0.823. The Bertz CT molecular complexity index is 995. The molecule has 1 aromatic heterocycles. The molecule has 0 radical (unpaired) electrons. The molecule has 0 aliphatic heterocycles. The highest BCUT2D eigenvalue weighted by molar-refractivity contribution is 7.99. The van der Waals surface area contributed by atoms with Gasteiger partial charge in [0.25, 0.3) is 0 Å². The average molecular weight is 334 g/mol. The van der Waals surface area contributed by atoms with Gasteiger partial charge in [0, 0.05) is 27.1 Å². The Morgan fingerprint density at radius 3 is 2.46 bits per heavy atom. The number of aromatic nitrogens is 1. The molecule has 4 aromatic rings. The summed E-state index contributed by atoms with van der Waals surface area (Å²) in [6.07, 6.45) is 0. The van der Waals surface area contributed by atoms with E-state index in [-0.39, 0.29) is 5.75 Å². The van der Waals surface area contributed by atoms with Crippen LogP contribution in [0.5, 0.6) is 5.75 Å². The summed E-state index contributed by atoms with van der Waals surface area (Å²) < 4.78 is 5.82. The molecule has 0 saturated heterocycles. The van der Waals surface area contributed by atoms with Crippen LogP contribution in [0.3, 0.4) is 0 Å². The predicted molar refractivity (Wildman–Crippen MR) is 96.1 cm³/mol. The van der Waals surface area contributed by atoms with Crippen LogP contribution >= 0.6 is 11.8 Å². The topological polar surface area (TPSA) is 72.3 Å². The van der Waals surface area contributed by atoms with Crippen molar-refractivity contribution < 1.29 is 9.52 Å². The maximum Gasteiger partial charge on any atom is 0.227 e. The molecule has 0 amide bonds. The van der Waals surface area contributed by atoms with Crippen molar-refractivity contribution in [1.82, 2.24) is 4.98 Å². The van der Waals surface area contributed by atoms with Gasteiger partial charge in [-0.3, -0.25) is 0 Å². The minimum Gasteiger partial charge on any atom is -0.508 e. The van der Waals surface area contributed by atoms with Crippen LogP contribution in [0.25, 0.3) is 22.6 Å². The maximum absolute atomic E-state index is 9.37. The molecule has 4 nitrogen and oxygen atoms in total. The third kappa shape index (κ3) is 2.81. The van der Waals surface area contributed by atoms with Crippen LogP contribution in [0.4, 0.5) is 5.69 Å². The van der Waals surface area contributed by atoms with Crippen molar-refractivity contribution in [1.29, 1.82) is 0 Å². The first-order chi connectivity index (χ1) is 11.7. The third-order valence-electron chi connectivity index (χ3n) is 3.61. The second-order valence-electron chi connectivity index (χ2n) is 5.34. The number of fused-ring (bicyclic) bond motifs is 1. The van der Waals surface area contributed by atoms with Gasteiger partial charge in [-0.1, -0.05) is 30.0 Å². The number of nitrogens with zero attached hydrogens (tertiary/aromatic N) is 1. The van der Waals surface area contributed by atoms with Crippen molar-refractivity contribution >= 4 is 28.5 Å². The molecule has 0 aliphatic rings. The van der Waals surface area contributed by atoms with Crippen molar-refractivity contribution in [3.05, 3.63) is 66.7 Å². The Labute approximate surface area is 142 Å². The standard InChI is InChI=1S/C19H14N2O2S/c20-15-10-17-16(21-19(23-17)12-4-2-1-3-5-12)11-18(15)24-14-8-6-13(22)7-9-14/h1-11,22H,20H2. The SMILES string of the molecule is Nc1cc2oc(-c3ccccc3)nc2cc1Sc1ccc(O)cc1. The fourth-order valence-corrected chi connectivity index (χ4v) is 3.28. The van der Waals surface area contributed by atoms with Crippen LogP contribution in [0.15, 0.2) is 80.9 Å². The minimum absolute atomic E-state index is 0.242. The van der Waals surface area contributed by atoms with Gasteiger partial charge in [-0.25, -0.2) is 4.98 Å². The molecule has 3 N–H and O–H groups in total. The number of aromatic hydroxyl groups is 1. The average Bonchev–Trinajstić information content (AvgIpc) is 3.01. The summed E-state index contributed by atoms with van der Waals surface area (Å²) in [7, 11) is 0. The zero-order chi connectivity index (χ0) is 16.5. The van der Waals surface area contributed by atoms with E-state index in [0.717, 1.165) is 20.9 Å². The lowest BCUT2D eigenvalue weighted by atomic mass is 10.2. The fourth-order valence-electron chi connectivity index (χ4n) is 2.40. The minimum atomic E-state index is 0.242. The van der Waals surface area contributed by atoms with E-state index < -0.39 is 0 Å². The van der Waals surface area contributed by atoms with Gasteiger partial charge in [-0.05, 0) is 42.5 Å². The molecule has 0 saturated carbocycles. The molecule has 24 heavy (non-hydrogen) atoms. The van der Waals surface area contributed by atoms with E-state index in [0.29, 0.717) is 17.2 Å². The first kappa shape index (κ1) is 14.7. The van der Waals surface area contributed by atoms with E-state index in [1.54, 1.807) is 18.2 Å². The Morgan fingerprint density at radius 1 is 0.958 bits per heavy atom. The lowest BCUT2D eigenvalue weighted by Gasteiger charge is -2.05. The summed E-state index contributed by atoms with van der Waals surface area (Å²) in [5, 5.41) is 9.37. The van der Waals surface area contributed by atoms with E-state index in [4.69, 9.17) is 10.2 Å². The Hall–Kier alpha value is -2.92. The molecule has 0 aliphatic carbocycles. The number of hydrogen-bond donors (Lipinski definition) is 2. The summed E-state index contributed by atoms with van der Waals surface area (Å²) in [6, 6.07) is 20.5. The van der Waals surface area contributed by atoms with Gasteiger partial charge in [-0.15, -0.1) is 0 Å². The smallest absolute Gasteiger partial charge is 0.227 e. The normalized spacial score (nSPS) is 11.0. The largest absolute Gasteiger partial charge is 0.508 e. The van der Waals surface area contributed by atoms with Gasteiger partial charge < -0.3 is 15.3 Å². The number of rotatable bonds is 3. The first-order valence-electron chi connectivity index (χ1n) is 7.41. The number of phenols is 1. The number of anilines is 1. The van der Waals surface area contributed by atoms with Crippen LogP contribution in [0, 0.1) is 0 Å². The second-order valence-corrected chi connectivity index (χ2v) is 6.45. The first-order valence-corrected chi connectivity index (χ1v) is 8.23. The highest BCUT2D eigenvalue weighted by Gasteiger charge is 2.12. The van der Waals surface area contributed by atoms with Gasteiger partial charge in [0.1, 0.15) is 11.3 Å². The van der Waals surface area contributed by atoms with Crippen LogP contribution in [0.1, 0.15) is 0 Å². The molecular weight excluding hydrogens is 320 g/mol. The Balaban J connectivity index is 1.72. The molecule has 4 rings (SSSR count). The summed E-state index contributed by atoms with van der Waals surface area (Å²) >= 11 is 1.53. The molecule has 0 bridgehead atoms. The van der Waals surface area contributed by atoms with Crippen molar-refractivity contribution in [3.63, 3.8) is 0 Å². The number of hydrogen-bond acceptors (Lipinski definition) is 5. The lowest BCUT2D eigenvalue weighted by Crippen LogP contribution is -1.88. The van der Waals surface area contributed by atoms with E-state index in [1.807, 2.05) is 48.5 Å². The van der Waals surface area contributed by atoms with Gasteiger partial charge in [-0.2, -0.15) is 0 Å². The number of nitrogen functional groups attached to an aromatic ring is 1. The number of oxazole rings is 1. The quantitative estimate of drug-likeness (QED) is 0.520. The van der Waals surface area contributed by atoms with Gasteiger partial charge in [0.15, 0.2) is 5.58 Å². The van der Waals surface area contributed by atoms with Crippen LogP contribution in [-0.2, 0) is 0 Å². The molecule has 0 atom stereocenters. The summed E-state index contributed by atoms with van der Waals surface area (Å²) in [6.45, 7) is 0. The zero-order valence-corrected chi connectivity index (χ0v) is 13.5. The number of nitrogens with two attached hydrogens (primary N) is 1. The molecular formula is C19H14N2O2S. The molecule has 3 aromatic carbocycles. The Kier molecular flexibility index (Phi) is 3.63. The highest BCUT2D eigenvalue weighted by atomic mass is 32.2. The van der Waals surface area contributed by atoms with Crippen LogP contribution in [-0.4, -0.2) is 10.1 Å². The third-order valence-corrected chi connectivity index (χ3v) is 4.69. The molecule has 0 fully saturated rings. The summed E-state index contributed by atoms with van der Waals surface area (Å²) in [5.41, 5.74) is 9.16. The van der Waals surface area contributed by atoms with Crippen LogP contribution in [0.2, 0.25) is 0 Å². The number of phenolic OH excluding ortho intramolecular Hbond substituents is 1. The molecule has 0 spiro atoms. The fraction of sp³-hybridized carbons (Fsp3) is 0. The molecule has 5 heteroatoms. The van der Waals surface area contributed by atoms with Crippen molar-refractivity contribution in [2.24, 2.45) is 0 Å². The van der Waals surface area contributed by atoms with E-state index in [9.17, 15) is 5.11 Å². The molecule has 118 valence electrons. The monoisotopic (exact) mass is 334 g/mol. The highest BCUT2D eigenvalue weighted by Crippen LogP contribution is 2.36. The van der Waals surface area contributed by atoms with Crippen LogP contribution < -0.4 is 5.73 Å². The van der Waals surface area contributed by atoms with E-state index in [2.05, 4.69) is 4.98 Å². The molecule has 1 heterocycles. The molecule has 0 unspecified atom stereocenters. The maximum atomic E-state index is 9.37. The Morgan fingerprint density at radius 2 is 1.71 bits per heavy atom. The van der Waals surface area contributed by atoms with Gasteiger partial charge >= 0.3 is 0 Å². The van der Waals surface area contributed by atoms with Gasteiger partial charge in [0.2, 0.25) is 5.89 Å². The van der Waals surface area contributed by atoms with Crippen molar-refractivity contribution in [2.45, 2.75) is 9.79 Å². The van der Waals surface area contributed by atoms with Crippen molar-refractivity contribution in [2.75, 3.05) is 5.73 Å². The van der Waals surface area contributed by atoms with E-state index in [1.165, 1.54) is 11.8 Å². The lowest BCUT2D eigenvalue weighted by molar-refractivity contribution is 0.475. The van der Waals surface area contributed by atoms with Crippen molar-refractivity contribution in [3.8, 4) is 17.2 Å². The van der Waals surface area contributed by atoms with Gasteiger partial charge in [0.05, 0.1) is 0 Å².